The molecule has 0 spiro atoms. The van der Waals surface area contributed by atoms with Crippen LogP contribution < -0.4 is 14.8 Å². The van der Waals surface area contributed by atoms with Gasteiger partial charge in [-0.15, -0.1) is 0 Å². The number of hydrogen-bond donors (Lipinski definition) is 3. The summed E-state index contributed by atoms with van der Waals surface area (Å²) in [5, 5.41) is 9.89. The normalized spacial score (nSPS) is 11.2. The van der Waals surface area contributed by atoms with E-state index in [4.69, 9.17) is 4.74 Å². The molecule has 0 unspecified atom stereocenters. The van der Waals surface area contributed by atoms with Gasteiger partial charge < -0.3 is 10.1 Å². The average Bonchev–Trinajstić information content (AvgIpc) is 2.98. The summed E-state index contributed by atoms with van der Waals surface area (Å²) in [4.78, 5) is 0.180. The second kappa shape index (κ2) is 7.71. The van der Waals surface area contributed by atoms with Gasteiger partial charge in [0.2, 0.25) is 0 Å². The van der Waals surface area contributed by atoms with Crippen LogP contribution in [0.25, 0.3) is 0 Å². The first kappa shape index (κ1) is 18.8. The molecule has 1 aromatic heterocycles. The number of aromatic nitrogens is 2. The summed E-state index contributed by atoms with van der Waals surface area (Å²) >= 11 is 0. The van der Waals surface area contributed by atoms with E-state index in [1.807, 2.05) is 43.3 Å². The van der Waals surface area contributed by atoms with Crippen LogP contribution in [0.15, 0.2) is 53.4 Å². The zero-order valence-electron chi connectivity index (χ0n) is 15.4. The van der Waals surface area contributed by atoms with E-state index >= 15 is 0 Å². The van der Waals surface area contributed by atoms with Crippen LogP contribution in [0, 0.1) is 13.8 Å². The standard InChI is InChI=1S/C19H22N4O3S/c1-4-26-18-11-9-16(10-12-18)20-15-5-7-17(8-6-15)23-27(24,25)19-13(2)21-22-14(19)3/h5-12,20,23H,4H2,1-3H3,(H,21,22). The van der Waals surface area contributed by atoms with Crippen molar-refractivity contribution in [3.8, 4) is 5.75 Å². The largest absolute Gasteiger partial charge is 0.494 e. The molecule has 0 atom stereocenters. The molecule has 3 aromatic rings. The molecular weight excluding hydrogens is 364 g/mol. The number of rotatable bonds is 7. The van der Waals surface area contributed by atoms with E-state index in [1.54, 1.807) is 26.0 Å². The molecule has 0 fully saturated rings. The number of hydrogen-bond acceptors (Lipinski definition) is 5. The molecule has 7 nitrogen and oxygen atoms in total. The fourth-order valence-corrected chi connectivity index (χ4v) is 4.16. The van der Waals surface area contributed by atoms with Crippen molar-refractivity contribution < 1.29 is 13.2 Å². The highest BCUT2D eigenvalue weighted by molar-refractivity contribution is 7.92. The van der Waals surface area contributed by atoms with Crippen LogP contribution in [0.2, 0.25) is 0 Å². The Kier molecular flexibility index (Phi) is 5.36. The molecule has 0 radical (unpaired) electrons. The number of nitrogens with zero attached hydrogens (tertiary/aromatic N) is 1. The lowest BCUT2D eigenvalue weighted by Crippen LogP contribution is -2.14. The van der Waals surface area contributed by atoms with E-state index in [0.29, 0.717) is 23.7 Å². The van der Waals surface area contributed by atoms with Crippen LogP contribution in [-0.4, -0.2) is 25.2 Å². The Morgan fingerprint density at radius 1 is 0.963 bits per heavy atom. The summed E-state index contributed by atoms with van der Waals surface area (Å²) in [6, 6.07) is 14.7. The Labute approximate surface area is 158 Å². The van der Waals surface area contributed by atoms with Crippen LogP contribution in [0.5, 0.6) is 5.75 Å². The first-order chi connectivity index (χ1) is 12.9. The Bertz CT molecular complexity index is 991. The molecule has 1 heterocycles. The van der Waals surface area contributed by atoms with E-state index < -0.39 is 10.0 Å². The maximum Gasteiger partial charge on any atom is 0.265 e. The maximum atomic E-state index is 12.6. The summed E-state index contributed by atoms with van der Waals surface area (Å²) < 4.78 is 33.1. The molecule has 0 saturated heterocycles. The average molecular weight is 386 g/mol. The first-order valence-corrected chi connectivity index (χ1v) is 10.0. The fraction of sp³-hybridized carbons (Fsp3) is 0.211. The van der Waals surface area contributed by atoms with E-state index in [0.717, 1.165) is 17.1 Å². The minimum Gasteiger partial charge on any atom is -0.494 e. The minimum absolute atomic E-state index is 0.180. The van der Waals surface area contributed by atoms with Crippen molar-refractivity contribution in [1.82, 2.24) is 10.2 Å². The number of anilines is 3. The third kappa shape index (κ3) is 4.40. The van der Waals surface area contributed by atoms with Gasteiger partial charge in [-0.2, -0.15) is 5.10 Å². The number of sulfonamides is 1. The van der Waals surface area contributed by atoms with Gasteiger partial charge in [0.05, 0.1) is 18.0 Å². The number of ether oxygens (including phenoxy) is 1. The van der Waals surface area contributed by atoms with Gasteiger partial charge in [-0.3, -0.25) is 9.82 Å². The lowest BCUT2D eigenvalue weighted by molar-refractivity contribution is 0.340. The molecule has 27 heavy (non-hydrogen) atoms. The van der Waals surface area contributed by atoms with E-state index in [2.05, 4.69) is 20.2 Å². The lowest BCUT2D eigenvalue weighted by Gasteiger charge is -2.11. The van der Waals surface area contributed by atoms with Crippen LogP contribution >= 0.6 is 0 Å². The predicted octanol–water partition coefficient (Wildman–Crippen LogP) is 3.97. The van der Waals surface area contributed by atoms with Crippen LogP contribution in [0.4, 0.5) is 17.1 Å². The molecule has 0 amide bonds. The predicted molar refractivity (Wildman–Crippen MR) is 106 cm³/mol. The van der Waals surface area contributed by atoms with Gasteiger partial charge in [0.15, 0.2) is 0 Å². The summed E-state index contributed by atoms with van der Waals surface area (Å²) in [7, 11) is -3.69. The van der Waals surface area contributed by atoms with Crippen molar-refractivity contribution >= 4 is 27.1 Å². The summed E-state index contributed by atoms with van der Waals surface area (Å²) in [5.41, 5.74) is 3.18. The lowest BCUT2D eigenvalue weighted by atomic mass is 10.2. The SMILES string of the molecule is CCOc1ccc(Nc2ccc(NS(=O)(=O)c3c(C)n[nH]c3C)cc2)cc1. The minimum atomic E-state index is -3.69. The zero-order valence-corrected chi connectivity index (χ0v) is 16.2. The highest BCUT2D eigenvalue weighted by atomic mass is 32.2. The molecule has 0 aliphatic carbocycles. The fourth-order valence-electron chi connectivity index (χ4n) is 2.73. The zero-order chi connectivity index (χ0) is 19.4. The van der Waals surface area contributed by atoms with Gasteiger partial charge in [-0.1, -0.05) is 0 Å². The van der Waals surface area contributed by atoms with Crippen molar-refractivity contribution in [2.75, 3.05) is 16.6 Å². The topological polar surface area (TPSA) is 96.1 Å². The van der Waals surface area contributed by atoms with Crippen molar-refractivity contribution in [3.63, 3.8) is 0 Å². The van der Waals surface area contributed by atoms with E-state index in [1.165, 1.54) is 0 Å². The van der Waals surface area contributed by atoms with Crippen LogP contribution in [0.3, 0.4) is 0 Å². The van der Waals surface area contributed by atoms with Gasteiger partial charge >= 0.3 is 0 Å². The molecular formula is C19H22N4O3S. The number of nitrogens with one attached hydrogen (secondary N) is 3. The third-order valence-corrected chi connectivity index (χ3v) is 5.56. The number of aryl methyl sites for hydroxylation is 2. The summed E-state index contributed by atoms with van der Waals surface area (Å²) in [6.45, 7) is 5.90. The van der Waals surface area contributed by atoms with Gasteiger partial charge in [0, 0.05) is 17.1 Å². The quantitative estimate of drug-likeness (QED) is 0.571. The molecule has 0 saturated carbocycles. The van der Waals surface area contributed by atoms with Gasteiger partial charge in [-0.25, -0.2) is 8.42 Å². The highest BCUT2D eigenvalue weighted by Gasteiger charge is 2.22. The van der Waals surface area contributed by atoms with Crippen molar-refractivity contribution in [1.29, 1.82) is 0 Å². The molecule has 0 aliphatic rings. The smallest absolute Gasteiger partial charge is 0.265 e. The van der Waals surface area contributed by atoms with Gasteiger partial charge in [0.1, 0.15) is 10.6 Å². The molecule has 3 N–H and O–H groups in total. The Morgan fingerprint density at radius 2 is 1.52 bits per heavy atom. The van der Waals surface area contributed by atoms with Crippen molar-refractivity contribution in [2.24, 2.45) is 0 Å². The Balaban J connectivity index is 1.70. The van der Waals surface area contributed by atoms with E-state index in [9.17, 15) is 8.42 Å². The second-order valence-electron chi connectivity index (χ2n) is 6.03. The highest BCUT2D eigenvalue weighted by Crippen LogP contribution is 2.24. The number of aromatic amines is 1. The van der Waals surface area contributed by atoms with Crippen molar-refractivity contribution in [3.05, 3.63) is 59.9 Å². The molecule has 8 heteroatoms. The Hall–Kier alpha value is -3.00. The third-order valence-electron chi connectivity index (χ3n) is 3.92. The monoisotopic (exact) mass is 386 g/mol. The van der Waals surface area contributed by atoms with Crippen LogP contribution in [0.1, 0.15) is 18.3 Å². The Morgan fingerprint density at radius 3 is 2.04 bits per heavy atom. The van der Waals surface area contributed by atoms with Gasteiger partial charge in [-0.05, 0) is 69.3 Å². The molecule has 3 rings (SSSR count). The molecule has 0 bridgehead atoms. The summed E-state index contributed by atoms with van der Waals surface area (Å²) in [6.07, 6.45) is 0. The van der Waals surface area contributed by atoms with Crippen molar-refractivity contribution in [2.45, 2.75) is 25.7 Å². The first-order valence-electron chi connectivity index (χ1n) is 8.53. The van der Waals surface area contributed by atoms with E-state index in [-0.39, 0.29) is 4.90 Å². The summed E-state index contributed by atoms with van der Waals surface area (Å²) in [5.74, 6) is 0.817. The number of H-pyrrole nitrogens is 1. The maximum absolute atomic E-state index is 12.6. The molecule has 2 aromatic carbocycles. The molecule has 142 valence electrons. The van der Waals surface area contributed by atoms with Gasteiger partial charge in [0.25, 0.3) is 10.0 Å². The molecule has 0 aliphatic heterocycles. The van der Waals surface area contributed by atoms with Crippen LogP contribution in [-0.2, 0) is 10.0 Å². The number of benzene rings is 2. The second-order valence-corrected chi connectivity index (χ2v) is 7.65.